The number of alkyl halides is 2. The zero-order valence-corrected chi connectivity index (χ0v) is 15.4. The van der Waals surface area contributed by atoms with Gasteiger partial charge in [0.15, 0.2) is 5.16 Å². The molecular formula is C16H18Cl2N4OS. The Morgan fingerprint density at radius 3 is 2.54 bits per heavy atom. The number of thioether (sulfide) groups is 1. The number of morpholine rings is 1. The lowest BCUT2D eigenvalue weighted by atomic mass is 10.3. The monoisotopic (exact) mass is 384 g/mol. The number of ether oxygens (including phenoxy) is 1. The first-order valence-corrected chi connectivity index (χ1v) is 9.73. The number of halogens is 2. The molecule has 1 aliphatic heterocycles. The van der Waals surface area contributed by atoms with E-state index in [4.69, 9.17) is 27.9 Å². The minimum Gasteiger partial charge on any atom is -0.378 e. The summed E-state index contributed by atoms with van der Waals surface area (Å²) in [5, 5.41) is 9.74. The van der Waals surface area contributed by atoms with E-state index in [0.717, 1.165) is 42.1 Å². The maximum atomic E-state index is 6.14. The van der Waals surface area contributed by atoms with Crippen molar-refractivity contribution in [1.82, 2.24) is 14.8 Å². The first-order chi connectivity index (χ1) is 11.6. The third kappa shape index (κ3) is 3.38. The highest BCUT2D eigenvalue weighted by molar-refractivity contribution is 7.99. The van der Waals surface area contributed by atoms with Gasteiger partial charge in [0, 0.05) is 24.8 Å². The van der Waals surface area contributed by atoms with Crippen LogP contribution in [0.4, 0.5) is 5.95 Å². The first-order valence-electron chi connectivity index (χ1n) is 7.99. The van der Waals surface area contributed by atoms with Crippen LogP contribution in [0.1, 0.15) is 6.42 Å². The summed E-state index contributed by atoms with van der Waals surface area (Å²) in [5.41, 5.74) is 1.06. The summed E-state index contributed by atoms with van der Waals surface area (Å²) in [7, 11) is 0. The van der Waals surface area contributed by atoms with Crippen molar-refractivity contribution in [3.05, 3.63) is 30.3 Å². The summed E-state index contributed by atoms with van der Waals surface area (Å²) < 4.78 is 7.01. The zero-order valence-electron chi connectivity index (χ0n) is 13.1. The van der Waals surface area contributed by atoms with Crippen molar-refractivity contribution in [1.29, 1.82) is 0 Å². The maximum Gasteiger partial charge on any atom is 0.232 e. The summed E-state index contributed by atoms with van der Waals surface area (Å²) in [6, 6.07) is 10.2. The number of anilines is 1. The predicted molar refractivity (Wildman–Crippen MR) is 97.7 cm³/mol. The second kappa shape index (κ2) is 6.75. The lowest BCUT2D eigenvalue weighted by molar-refractivity contribution is 0.122. The fourth-order valence-electron chi connectivity index (χ4n) is 2.75. The number of rotatable bonds is 5. The van der Waals surface area contributed by atoms with E-state index in [1.54, 1.807) is 11.8 Å². The van der Waals surface area contributed by atoms with E-state index < -0.39 is 4.33 Å². The van der Waals surface area contributed by atoms with Gasteiger partial charge in [0.25, 0.3) is 0 Å². The highest BCUT2D eigenvalue weighted by atomic mass is 35.5. The van der Waals surface area contributed by atoms with E-state index in [2.05, 4.69) is 31.8 Å². The zero-order chi connectivity index (χ0) is 16.6. The largest absolute Gasteiger partial charge is 0.378 e. The fourth-order valence-corrected chi connectivity index (χ4v) is 4.63. The highest BCUT2D eigenvalue weighted by Crippen LogP contribution is 2.54. The van der Waals surface area contributed by atoms with Crippen LogP contribution in [0.2, 0.25) is 0 Å². The molecule has 2 aromatic rings. The Hall–Kier alpha value is -0.950. The maximum absolute atomic E-state index is 6.14. The van der Waals surface area contributed by atoms with E-state index in [9.17, 15) is 0 Å². The van der Waals surface area contributed by atoms with Gasteiger partial charge in [-0.1, -0.05) is 30.0 Å². The van der Waals surface area contributed by atoms with E-state index in [1.807, 2.05) is 18.2 Å². The average molecular weight is 385 g/mol. The second-order valence-corrected chi connectivity index (χ2v) is 8.56. The van der Waals surface area contributed by atoms with Crippen molar-refractivity contribution in [2.75, 3.05) is 37.0 Å². The predicted octanol–water partition coefficient (Wildman–Crippen LogP) is 3.39. The molecule has 5 nitrogen and oxygen atoms in total. The summed E-state index contributed by atoms with van der Waals surface area (Å²) in [5.74, 6) is 2.03. The number of hydrogen-bond donors (Lipinski definition) is 0. The minimum atomic E-state index is -0.558. The third-order valence-corrected chi connectivity index (χ3v) is 6.31. The summed E-state index contributed by atoms with van der Waals surface area (Å²) >= 11 is 14.0. The van der Waals surface area contributed by atoms with E-state index in [1.165, 1.54) is 0 Å². The summed E-state index contributed by atoms with van der Waals surface area (Å²) in [6.45, 7) is 3.08. The Morgan fingerprint density at radius 2 is 1.88 bits per heavy atom. The molecule has 1 saturated carbocycles. The van der Waals surface area contributed by atoms with Gasteiger partial charge < -0.3 is 9.64 Å². The molecule has 0 N–H and O–H groups in total. The molecule has 1 atom stereocenters. The van der Waals surface area contributed by atoms with Crippen LogP contribution in [-0.2, 0) is 4.74 Å². The lowest BCUT2D eigenvalue weighted by Crippen LogP contribution is -2.37. The van der Waals surface area contributed by atoms with Crippen LogP contribution < -0.4 is 4.90 Å². The second-order valence-electron chi connectivity index (χ2n) is 6.03. The van der Waals surface area contributed by atoms with Crippen molar-refractivity contribution < 1.29 is 4.74 Å². The lowest BCUT2D eigenvalue weighted by Gasteiger charge is -2.27. The van der Waals surface area contributed by atoms with Crippen LogP contribution in [0.3, 0.4) is 0 Å². The molecule has 0 amide bonds. The molecule has 8 heteroatoms. The summed E-state index contributed by atoms with van der Waals surface area (Å²) in [6.07, 6.45) is 0.846. The van der Waals surface area contributed by atoms with Gasteiger partial charge in [-0.2, -0.15) is 0 Å². The van der Waals surface area contributed by atoms with Gasteiger partial charge in [-0.25, -0.2) is 0 Å². The molecule has 1 aromatic heterocycles. The Kier molecular flexibility index (Phi) is 4.64. The Labute approximate surface area is 155 Å². The first kappa shape index (κ1) is 16.5. The Balaban J connectivity index is 1.62. The van der Waals surface area contributed by atoms with Crippen molar-refractivity contribution in [3.8, 4) is 5.69 Å². The van der Waals surface area contributed by atoms with Gasteiger partial charge in [0.05, 0.1) is 18.9 Å². The van der Waals surface area contributed by atoms with Gasteiger partial charge in [-0.15, -0.1) is 33.4 Å². The molecule has 0 bridgehead atoms. The highest BCUT2D eigenvalue weighted by Gasteiger charge is 2.51. The van der Waals surface area contributed by atoms with Crippen molar-refractivity contribution >= 4 is 40.9 Å². The number of nitrogens with zero attached hydrogens (tertiary/aromatic N) is 4. The molecule has 24 heavy (non-hydrogen) atoms. The topological polar surface area (TPSA) is 43.2 Å². The quantitative estimate of drug-likeness (QED) is 0.583. The molecule has 4 rings (SSSR count). The van der Waals surface area contributed by atoms with Crippen molar-refractivity contribution in [3.63, 3.8) is 0 Å². The van der Waals surface area contributed by atoms with Gasteiger partial charge >= 0.3 is 0 Å². The van der Waals surface area contributed by atoms with Crippen LogP contribution in [0.5, 0.6) is 0 Å². The molecule has 1 aliphatic carbocycles. The van der Waals surface area contributed by atoms with Crippen LogP contribution in [-0.4, -0.2) is 51.2 Å². The fraction of sp³-hybridized carbons (Fsp3) is 0.500. The van der Waals surface area contributed by atoms with Crippen molar-refractivity contribution in [2.24, 2.45) is 5.92 Å². The van der Waals surface area contributed by atoms with Gasteiger partial charge in [-0.3, -0.25) is 4.57 Å². The molecule has 0 spiro atoms. The number of aromatic nitrogens is 3. The molecule has 128 valence electrons. The molecule has 1 aromatic carbocycles. The summed E-state index contributed by atoms with van der Waals surface area (Å²) in [4.78, 5) is 2.22. The van der Waals surface area contributed by atoms with E-state index in [-0.39, 0.29) is 0 Å². The number of para-hydroxylation sites is 1. The molecular weight excluding hydrogens is 367 g/mol. The standard InChI is InChI=1S/C16H18Cl2N4OS/c17-16(18)10-12(16)11-24-15-20-19-14(21-6-8-23-9-7-21)22(15)13-4-2-1-3-5-13/h1-5,12H,6-11H2/t12-/m0/s1. The molecule has 0 radical (unpaired) electrons. The van der Waals surface area contributed by atoms with Crippen LogP contribution in [0.15, 0.2) is 35.5 Å². The third-order valence-electron chi connectivity index (χ3n) is 4.29. The van der Waals surface area contributed by atoms with Crippen LogP contribution in [0, 0.1) is 5.92 Å². The molecule has 2 fully saturated rings. The number of hydrogen-bond acceptors (Lipinski definition) is 5. The number of benzene rings is 1. The average Bonchev–Trinajstić information content (AvgIpc) is 3.04. The molecule has 2 aliphatic rings. The van der Waals surface area contributed by atoms with Crippen molar-refractivity contribution in [2.45, 2.75) is 15.9 Å². The Morgan fingerprint density at radius 1 is 1.17 bits per heavy atom. The minimum absolute atomic E-state index is 0.318. The molecule has 2 heterocycles. The van der Waals surface area contributed by atoms with Crippen LogP contribution in [0.25, 0.3) is 5.69 Å². The van der Waals surface area contributed by atoms with Gasteiger partial charge in [0.1, 0.15) is 4.33 Å². The van der Waals surface area contributed by atoms with Gasteiger partial charge in [0.2, 0.25) is 5.95 Å². The van der Waals surface area contributed by atoms with Gasteiger partial charge in [-0.05, 0) is 18.6 Å². The van der Waals surface area contributed by atoms with Crippen LogP contribution >= 0.6 is 35.0 Å². The smallest absolute Gasteiger partial charge is 0.232 e. The normalized spacial score (nSPS) is 22.6. The Bertz CT molecular complexity index is 703. The van der Waals surface area contributed by atoms with E-state index in [0.29, 0.717) is 19.1 Å². The van der Waals surface area contributed by atoms with E-state index >= 15 is 0 Å². The SMILES string of the molecule is ClC1(Cl)C[C@H]1CSc1nnc(N2CCOCC2)n1-c1ccccc1. The molecule has 0 unspecified atom stereocenters. The molecule has 1 saturated heterocycles.